The molecular formula is C4H7OSe. The molecule has 0 amide bonds. The van der Waals surface area contributed by atoms with Gasteiger partial charge in [0.05, 0.1) is 0 Å². The number of carbonyl (C=O) groups is 1. The molecule has 0 aromatic carbocycles. The SMILES string of the molecule is CC(C)C(=O)[Se]. The molecule has 1 radical (unpaired) electrons. The Morgan fingerprint density at radius 2 is 1.83 bits per heavy atom. The fourth-order valence-electron chi connectivity index (χ4n) is 0. The minimum absolute atomic E-state index is 0.134. The second kappa shape index (κ2) is 2.38. The molecule has 0 saturated heterocycles. The summed E-state index contributed by atoms with van der Waals surface area (Å²) >= 11 is 2.40. The Balaban J connectivity index is 3.26. The third kappa shape index (κ3) is 2.43. The van der Waals surface area contributed by atoms with E-state index in [-0.39, 0.29) is 10.6 Å². The van der Waals surface area contributed by atoms with Gasteiger partial charge in [-0.2, -0.15) is 0 Å². The summed E-state index contributed by atoms with van der Waals surface area (Å²) in [6, 6.07) is 0. The van der Waals surface area contributed by atoms with Crippen LogP contribution in [0.2, 0.25) is 0 Å². The van der Waals surface area contributed by atoms with E-state index >= 15 is 0 Å². The van der Waals surface area contributed by atoms with Crippen molar-refractivity contribution in [3.8, 4) is 0 Å². The van der Waals surface area contributed by atoms with Crippen LogP contribution < -0.4 is 0 Å². The average Bonchev–Trinajstić information content (AvgIpc) is 1.36. The van der Waals surface area contributed by atoms with Crippen molar-refractivity contribution < 1.29 is 4.79 Å². The van der Waals surface area contributed by atoms with Crippen molar-refractivity contribution in [3.63, 3.8) is 0 Å². The van der Waals surface area contributed by atoms with Crippen LogP contribution in [0.1, 0.15) is 13.8 Å². The molecule has 0 aliphatic carbocycles. The van der Waals surface area contributed by atoms with Crippen molar-refractivity contribution in [2.45, 2.75) is 13.8 Å². The zero-order valence-corrected chi connectivity index (χ0v) is 5.61. The monoisotopic (exact) mass is 151 g/mol. The molecule has 0 spiro atoms. The standard InChI is InChI=1S/C4H7OSe/c1-3(2)4(5)6/h3H,1-2H3. The van der Waals surface area contributed by atoms with Crippen molar-refractivity contribution in [1.29, 1.82) is 0 Å². The predicted molar refractivity (Wildman–Crippen MR) is 25.6 cm³/mol. The van der Waals surface area contributed by atoms with Gasteiger partial charge in [0.1, 0.15) is 0 Å². The van der Waals surface area contributed by atoms with E-state index < -0.39 is 0 Å². The van der Waals surface area contributed by atoms with E-state index in [0.717, 1.165) is 0 Å². The molecule has 0 saturated carbocycles. The van der Waals surface area contributed by atoms with E-state index in [2.05, 4.69) is 16.0 Å². The van der Waals surface area contributed by atoms with Gasteiger partial charge in [-0.3, -0.25) is 0 Å². The van der Waals surface area contributed by atoms with Gasteiger partial charge in [0.15, 0.2) is 0 Å². The Bertz CT molecular complexity index is 58.6. The van der Waals surface area contributed by atoms with Crippen LogP contribution in [0.5, 0.6) is 0 Å². The van der Waals surface area contributed by atoms with E-state index in [1.807, 2.05) is 13.8 Å². The summed E-state index contributed by atoms with van der Waals surface area (Å²) in [7, 11) is 0. The fraction of sp³-hybridized carbons (Fsp3) is 0.750. The van der Waals surface area contributed by atoms with Crippen LogP contribution in [0.4, 0.5) is 0 Å². The van der Waals surface area contributed by atoms with Crippen LogP contribution in [-0.4, -0.2) is 20.7 Å². The Kier molecular flexibility index (Phi) is 2.45. The predicted octanol–water partition coefficient (Wildman–Crippen LogP) is 0.337. The zero-order chi connectivity index (χ0) is 5.15. The van der Waals surface area contributed by atoms with Crippen LogP contribution in [-0.2, 0) is 4.79 Å². The Morgan fingerprint density at radius 3 is 1.83 bits per heavy atom. The van der Waals surface area contributed by atoms with Crippen LogP contribution >= 0.6 is 0 Å². The van der Waals surface area contributed by atoms with Gasteiger partial charge in [0.25, 0.3) is 0 Å². The first-order chi connectivity index (χ1) is 2.64. The Labute approximate surface area is 45.9 Å². The maximum atomic E-state index is 10.1. The molecular weight excluding hydrogens is 143 g/mol. The summed E-state index contributed by atoms with van der Waals surface area (Å²) in [6.45, 7) is 3.72. The van der Waals surface area contributed by atoms with Crippen molar-refractivity contribution in [2.24, 2.45) is 5.92 Å². The van der Waals surface area contributed by atoms with Gasteiger partial charge in [0, 0.05) is 0 Å². The first kappa shape index (κ1) is 6.19. The molecule has 0 fully saturated rings. The van der Waals surface area contributed by atoms with Crippen LogP contribution in [0, 0.1) is 5.92 Å². The number of hydrogen-bond acceptors (Lipinski definition) is 1. The fourth-order valence-corrected chi connectivity index (χ4v) is 0. The van der Waals surface area contributed by atoms with Crippen molar-refractivity contribution in [1.82, 2.24) is 0 Å². The Hall–Kier alpha value is 0.189. The molecule has 0 heterocycles. The van der Waals surface area contributed by atoms with E-state index in [1.165, 1.54) is 0 Å². The normalized spacial score (nSPS) is 9.17. The summed E-state index contributed by atoms with van der Waals surface area (Å²) in [6.07, 6.45) is 0. The second-order valence-corrected chi connectivity index (χ2v) is 2.32. The maximum absolute atomic E-state index is 10.1. The van der Waals surface area contributed by atoms with Gasteiger partial charge in [-0.1, -0.05) is 0 Å². The molecule has 0 aromatic rings. The molecule has 0 N–H and O–H groups in total. The van der Waals surface area contributed by atoms with E-state index in [1.54, 1.807) is 0 Å². The van der Waals surface area contributed by atoms with Gasteiger partial charge in [0.2, 0.25) is 0 Å². The quantitative estimate of drug-likeness (QED) is 0.492. The molecule has 0 aromatic heterocycles. The summed E-state index contributed by atoms with van der Waals surface area (Å²) in [5.41, 5.74) is 0. The molecule has 0 rings (SSSR count). The molecule has 0 unspecified atom stereocenters. The number of rotatable bonds is 1. The molecule has 0 bridgehead atoms. The topological polar surface area (TPSA) is 17.1 Å². The summed E-state index contributed by atoms with van der Waals surface area (Å²) in [4.78, 5) is 10.1. The summed E-state index contributed by atoms with van der Waals surface area (Å²) in [5, 5.41) is 0. The molecule has 35 valence electrons. The average molecular weight is 150 g/mol. The zero-order valence-electron chi connectivity index (χ0n) is 3.89. The minimum atomic E-state index is 0.134. The van der Waals surface area contributed by atoms with Gasteiger partial charge >= 0.3 is 45.3 Å². The summed E-state index contributed by atoms with van der Waals surface area (Å²) < 4.78 is 0.134. The molecule has 0 aliphatic heterocycles. The number of hydrogen-bond donors (Lipinski definition) is 0. The Morgan fingerprint density at radius 1 is 1.67 bits per heavy atom. The van der Waals surface area contributed by atoms with E-state index in [4.69, 9.17) is 0 Å². The molecule has 0 aliphatic rings. The first-order valence-electron chi connectivity index (χ1n) is 1.85. The van der Waals surface area contributed by atoms with E-state index in [9.17, 15) is 4.79 Å². The molecule has 0 atom stereocenters. The van der Waals surface area contributed by atoms with Crippen molar-refractivity contribution in [3.05, 3.63) is 0 Å². The van der Waals surface area contributed by atoms with E-state index in [0.29, 0.717) is 0 Å². The van der Waals surface area contributed by atoms with Crippen LogP contribution in [0.25, 0.3) is 0 Å². The van der Waals surface area contributed by atoms with Crippen molar-refractivity contribution >= 4 is 20.7 Å². The van der Waals surface area contributed by atoms with Gasteiger partial charge in [-0.15, -0.1) is 0 Å². The van der Waals surface area contributed by atoms with Crippen LogP contribution in [0.15, 0.2) is 0 Å². The van der Waals surface area contributed by atoms with Crippen molar-refractivity contribution in [2.75, 3.05) is 0 Å². The van der Waals surface area contributed by atoms with Gasteiger partial charge in [-0.05, 0) is 0 Å². The van der Waals surface area contributed by atoms with Crippen LogP contribution in [0.3, 0.4) is 0 Å². The molecule has 1 nitrogen and oxygen atoms in total. The third-order valence-electron chi connectivity index (χ3n) is 0.471. The summed E-state index contributed by atoms with van der Waals surface area (Å²) in [5.74, 6) is 0.157. The van der Waals surface area contributed by atoms with Gasteiger partial charge < -0.3 is 0 Å². The second-order valence-electron chi connectivity index (χ2n) is 1.47. The van der Waals surface area contributed by atoms with Gasteiger partial charge in [-0.25, -0.2) is 0 Å². The first-order valence-corrected chi connectivity index (χ1v) is 2.71. The third-order valence-corrected chi connectivity index (χ3v) is 1.46. The molecule has 2 heteroatoms. The molecule has 6 heavy (non-hydrogen) atoms. The number of carbonyl (C=O) groups excluding carboxylic acids is 1.